The van der Waals surface area contributed by atoms with Crippen LogP contribution in [0.15, 0.2) is 18.2 Å². The molecule has 0 radical (unpaired) electrons. The van der Waals surface area contributed by atoms with Gasteiger partial charge in [0.2, 0.25) is 0 Å². The van der Waals surface area contributed by atoms with Crippen LogP contribution in [0, 0.1) is 19.3 Å². The van der Waals surface area contributed by atoms with Gasteiger partial charge in [-0.1, -0.05) is 44.5 Å². The molecule has 0 nitrogen and oxygen atoms in total. The summed E-state index contributed by atoms with van der Waals surface area (Å²) in [6, 6.07) is 5.98. The van der Waals surface area contributed by atoms with E-state index >= 15 is 0 Å². The van der Waals surface area contributed by atoms with E-state index in [1.807, 2.05) is 46.8 Å². The second-order valence-electron chi connectivity index (χ2n) is 5.56. The Morgan fingerprint density at radius 3 is 2.12 bits per heavy atom. The Balaban J connectivity index is 3.27. The summed E-state index contributed by atoms with van der Waals surface area (Å²) in [6.45, 7) is 11.8. The van der Waals surface area contributed by atoms with E-state index in [0.717, 1.165) is 17.5 Å². The minimum absolute atomic E-state index is 0.340. The highest BCUT2D eigenvalue weighted by molar-refractivity contribution is 5.35. The van der Waals surface area contributed by atoms with Crippen LogP contribution in [0.5, 0.6) is 0 Å². The first-order valence-corrected chi connectivity index (χ1v) is 5.99. The van der Waals surface area contributed by atoms with E-state index in [2.05, 4.69) is 6.07 Å². The Kier molecular flexibility index (Phi) is 3.47. The van der Waals surface area contributed by atoms with Crippen molar-refractivity contribution in [2.75, 3.05) is 0 Å². The fourth-order valence-electron chi connectivity index (χ4n) is 2.04. The van der Waals surface area contributed by atoms with Crippen molar-refractivity contribution < 1.29 is 4.39 Å². The van der Waals surface area contributed by atoms with Crippen molar-refractivity contribution in [1.29, 1.82) is 0 Å². The highest BCUT2D eigenvalue weighted by Crippen LogP contribution is 2.46. The molecule has 1 rings (SSSR count). The Morgan fingerprint density at radius 2 is 1.69 bits per heavy atom. The van der Waals surface area contributed by atoms with Gasteiger partial charge in [0.05, 0.1) is 0 Å². The van der Waals surface area contributed by atoms with Gasteiger partial charge in [-0.25, -0.2) is 4.39 Å². The van der Waals surface area contributed by atoms with Gasteiger partial charge in [0, 0.05) is 5.41 Å². The van der Waals surface area contributed by atoms with Gasteiger partial charge in [-0.05, 0) is 38.3 Å². The third-order valence-corrected chi connectivity index (χ3v) is 4.04. The highest BCUT2D eigenvalue weighted by Gasteiger charge is 2.42. The summed E-state index contributed by atoms with van der Waals surface area (Å²) in [6.07, 6.45) is 0.827. The van der Waals surface area contributed by atoms with E-state index in [1.165, 1.54) is 5.56 Å². The maximum atomic E-state index is 15.0. The quantitative estimate of drug-likeness (QED) is 0.680. The Hall–Kier alpha value is -0.850. The van der Waals surface area contributed by atoms with Crippen LogP contribution < -0.4 is 0 Å². The molecular weight excluding hydrogens is 199 g/mol. The molecule has 16 heavy (non-hydrogen) atoms. The van der Waals surface area contributed by atoms with Crippen molar-refractivity contribution in [3.05, 3.63) is 34.9 Å². The van der Waals surface area contributed by atoms with Crippen molar-refractivity contribution in [3.63, 3.8) is 0 Å². The average molecular weight is 222 g/mol. The van der Waals surface area contributed by atoms with Crippen molar-refractivity contribution in [1.82, 2.24) is 0 Å². The maximum Gasteiger partial charge on any atom is 0.138 e. The van der Waals surface area contributed by atoms with Crippen LogP contribution in [0.25, 0.3) is 0 Å². The van der Waals surface area contributed by atoms with Gasteiger partial charge in [0.25, 0.3) is 0 Å². The lowest BCUT2D eigenvalue weighted by molar-refractivity contribution is 0.0265. The summed E-state index contributed by atoms with van der Waals surface area (Å²) in [4.78, 5) is 0. The van der Waals surface area contributed by atoms with Crippen molar-refractivity contribution in [3.8, 4) is 0 Å². The molecule has 0 aliphatic carbocycles. The molecule has 0 saturated carbocycles. The molecule has 0 heterocycles. The molecule has 90 valence electrons. The number of rotatable bonds is 3. The minimum atomic E-state index is -1.28. The molecule has 1 heteroatoms. The molecule has 0 spiro atoms. The standard InChI is InChI=1S/C15H23F/c1-7-14(4,5)15(6,16)13-9-8-11(2)10-12(13)3/h8-10H,7H2,1-6H3. The molecule has 0 aromatic heterocycles. The first kappa shape index (κ1) is 13.2. The van der Waals surface area contributed by atoms with E-state index in [9.17, 15) is 4.39 Å². The lowest BCUT2D eigenvalue weighted by Crippen LogP contribution is -2.35. The van der Waals surface area contributed by atoms with E-state index in [-0.39, 0.29) is 5.41 Å². The van der Waals surface area contributed by atoms with E-state index < -0.39 is 5.67 Å². The van der Waals surface area contributed by atoms with Crippen LogP contribution in [0.3, 0.4) is 0 Å². The van der Waals surface area contributed by atoms with Crippen LogP contribution in [-0.4, -0.2) is 0 Å². The summed E-state index contributed by atoms with van der Waals surface area (Å²) < 4.78 is 15.0. The normalized spacial score (nSPS) is 15.9. The maximum absolute atomic E-state index is 15.0. The van der Waals surface area contributed by atoms with E-state index in [4.69, 9.17) is 0 Å². The first-order chi connectivity index (χ1) is 7.22. The SMILES string of the molecule is CCC(C)(C)C(C)(F)c1ccc(C)cc1C. The van der Waals surface area contributed by atoms with Gasteiger partial charge >= 0.3 is 0 Å². The van der Waals surface area contributed by atoms with Gasteiger partial charge in [-0.3, -0.25) is 0 Å². The monoisotopic (exact) mass is 222 g/mol. The molecule has 1 aromatic carbocycles. The smallest absolute Gasteiger partial charge is 0.138 e. The van der Waals surface area contributed by atoms with Crippen LogP contribution in [0.4, 0.5) is 4.39 Å². The van der Waals surface area contributed by atoms with Crippen LogP contribution in [0.1, 0.15) is 50.8 Å². The molecule has 1 unspecified atom stereocenters. The third-order valence-electron chi connectivity index (χ3n) is 4.04. The molecule has 0 fully saturated rings. The highest BCUT2D eigenvalue weighted by atomic mass is 19.1. The van der Waals surface area contributed by atoms with Crippen LogP contribution in [-0.2, 0) is 5.67 Å². The van der Waals surface area contributed by atoms with Crippen molar-refractivity contribution in [2.24, 2.45) is 5.41 Å². The molecule has 0 amide bonds. The second kappa shape index (κ2) is 4.20. The van der Waals surface area contributed by atoms with Gasteiger partial charge < -0.3 is 0 Å². The Bertz CT molecular complexity index is 375. The van der Waals surface area contributed by atoms with E-state index in [1.54, 1.807) is 6.92 Å². The number of hydrogen-bond acceptors (Lipinski definition) is 0. The zero-order valence-electron chi connectivity index (χ0n) is 11.3. The molecule has 0 N–H and O–H groups in total. The number of benzene rings is 1. The average Bonchev–Trinajstić information content (AvgIpc) is 2.16. The van der Waals surface area contributed by atoms with Gasteiger partial charge in [-0.2, -0.15) is 0 Å². The summed E-state index contributed by atoms with van der Waals surface area (Å²) in [7, 11) is 0. The minimum Gasteiger partial charge on any atom is -0.238 e. The number of halogens is 1. The fraction of sp³-hybridized carbons (Fsp3) is 0.600. The Labute approximate surface area is 98.9 Å². The van der Waals surface area contributed by atoms with Crippen LogP contribution in [0.2, 0.25) is 0 Å². The second-order valence-corrected chi connectivity index (χ2v) is 5.56. The number of hydrogen-bond donors (Lipinski definition) is 0. The zero-order valence-corrected chi connectivity index (χ0v) is 11.3. The molecule has 0 saturated heterocycles. The molecule has 0 aliphatic rings. The zero-order chi connectivity index (χ0) is 12.6. The summed E-state index contributed by atoms with van der Waals surface area (Å²) in [5.41, 5.74) is 1.44. The van der Waals surface area contributed by atoms with Gasteiger partial charge in [0.1, 0.15) is 5.67 Å². The largest absolute Gasteiger partial charge is 0.238 e. The van der Waals surface area contributed by atoms with Crippen LogP contribution >= 0.6 is 0 Å². The molecule has 1 aromatic rings. The number of alkyl halides is 1. The number of aryl methyl sites for hydroxylation is 2. The summed E-state index contributed by atoms with van der Waals surface area (Å²) in [5.74, 6) is 0. The van der Waals surface area contributed by atoms with Crippen molar-refractivity contribution >= 4 is 0 Å². The predicted octanol–water partition coefficient (Wildman–Crippen LogP) is 4.92. The fourth-order valence-corrected chi connectivity index (χ4v) is 2.04. The van der Waals surface area contributed by atoms with Gasteiger partial charge in [0.15, 0.2) is 0 Å². The molecule has 0 bridgehead atoms. The summed E-state index contributed by atoms with van der Waals surface area (Å²) >= 11 is 0. The van der Waals surface area contributed by atoms with Gasteiger partial charge in [-0.15, -0.1) is 0 Å². The third kappa shape index (κ3) is 2.14. The predicted molar refractivity (Wildman–Crippen MR) is 68.4 cm³/mol. The van der Waals surface area contributed by atoms with Crippen molar-refractivity contribution in [2.45, 2.75) is 53.6 Å². The lowest BCUT2D eigenvalue weighted by Gasteiger charge is -2.38. The van der Waals surface area contributed by atoms with E-state index in [0.29, 0.717) is 0 Å². The molecular formula is C15H23F. The molecule has 0 aliphatic heterocycles. The lowest BCUT2D eigenvalue weighted by atomic mass is 9.70. The Morgan fingerprint density at radius 1 is 1.12 bits per heavy atom. The first-order valence-electron chi connectivity index (χ1n) is 5.99. The summed E-state index contributed by atoms with van der Waals surface area (Å²) in [5, 5.41) is 0. The topological polar surface area (TPSA) is 0 Å². The molecule has 1 atom stereocenters.